The fourth-order valence-corrected chi connectivity index (χ4v) is 3.15. The molecule has 1 aliphatic rings. The Morgan fingerprint density at radius 1 is 0.793 bits per heavy atom. The molecule has 29 heavy (non-hydrogen) atoms. The number of nitrogens with one attached hydrogen (secondary N) is 2. The van der Waals surface area contributed by atoms with Crippen LogP contribution in [0.2, 0.25) is 0 Å². The van der Waals surface area contributed by atoms with E-state index in [4.69, 9.17) is 0 Å². The quantitative estimate of drug-likeness (QED) is 0.602. The summed E-state index contributed by atoms with van der Waals surface area (Å²) in [4.78, 5) is 15.8. The van der Waals surface area contributed by atoms with Crippen LogP contribution in [0.5, 0.6) is 0 Å². The van der Waals surface area contributed by atoms with Crippen LogP contribution < -0.4 is 15.5 Å². The lowest BCUT2D eigenvalue weighted by atomic mass is 10.1. The van der Waals surface area contributed by atoms with Gasteiger partial charge in [0.25, 0.3) is 0 Å². The van der Waals surface area contributed by atoms with Crippen LogP contribution in [0.25, 0.3) is 0 Å². The van der Waals surface area contributed by atoms with Crippen molar-refractivity contribution in [2.75, 3.05) is 28.6 Å². The number of anilines is 5. The Morgan fingerprint density at radius 3 is 2.00 bits per heavy atom. The van der Waals surface area contributed by atoms with Crippen molar-refractivity contribution in [2.24, 2.45) is 0 Å². The van der Waals surface area contributed by atoms with Crippen molar-refractivity contribution in [3.05, 3.63) is 59.4 Å². The first-order chi connectivity index (χ1) is 13.6. The van der Waals surface area contributed by atoms with Gasteiger partial charge in [0.1, 0.15) is 5.82 Å². The Balaban J connectivity index is 0.00000240. The molecular formula is C21H24ClFN6. The van der Waals surface area contributed by atoms with Crippen LogP contribution in [0, 0.1) is 19.7 Å². The number of halogens is 2. The largest absolute Gasteiger partial charge is 0.341 e. The highest BCUT2D eigenvalue weighted by molar-refractivity contribution is 5.85. The SMILES string of the molecule is Cc1ccc(Nc2nc(Nc3ccc(F)cc3)nc(N3CCCC3)n2)cc1C.Cl. The predicted octanol–water partition coefficient (Wildman–Crippen LogP) is 5.14. The Bertz CT molecular complexity index is 973. The van der Waals surface area contributed by atoms with Gasteiger partial charge < -0.3 is 15.5 Å². The molecule has 1 fully saturated rings. The second kappa shape index (κ2) is 9.05. The lowest BCUT2D eigenvalue weighted by Gasteiger charge is -2.17. The maximum absolute atomic E-state index is 13.2. The van der Waals surface area contributed by atoms with E-state index < -0.39 is 0 Å². The highest BCUT2D eigenvalue weighted by Gasteiger charge is 2.18. The van der Waals surface area contributed by atoms with Gasteiger partial charge in [-0.3, -0.25) is 0 Å². The molecule has 2 N–H and O–H groups in total. The fourth-order valence-electron chi connectivity index (χ4n) is 3.15. The molecule has 4 rings (SSSR count). The van der Waals surface area contributed by atoms with Crippen LogP contribution in [0.1, 0.15) is 24.0 Å². The number of rotatable bonds is 5. The molecule has 0 radical (unpaired) electrons. The number of aryl methyl sites for hydroxylation is 2. The molecule has 1 aromatic heterocycles. The van der Waals surface area contributed by atoms with Crippen molar-refractivity contribution in [3.8, 4) is 0 Å². The summed E-state index contributed by atoms with van der Waals surface area (Å²) >= 11 is 0. The standard InChI is InChI=1S/C21H23FN6.ClH/c1-14-5-8-18(13-15(14)2)24-20-25-19(23-17-9-6-16(22)7-10-17)26-21(27-20)28-11-3-4-12-28;/h5-10,13H,3-4,11-12H2,1-2H3,(H2,23,24,25,26,27);1H. The number of nitrogens with zero attached hydrogens (tertiary/aromatic N) is 4. The smallest absolute Gasteiger partial charge is 0.233 e. The zero-order valence-corrected chi connectivity index (χ0v) is 17.3. The van der Waals surface area contributed by atoms with E-state index in [2.05, 4.69) is 56.5 Å². The summed E-state index contributed by atoms with van der Waals surface area (Å²) < 4.78 is 13.2. The van der Waals surface area contributed by atoms with Crippen LogP contribution in [0.4, 0.5) is 33.6 Å². The zero-order chi connectivity index (χ0) is 19.5. The summed E-state index contributed by atoms with van der Waals surface area (Å²) in [6.45, 7) is 6.02. The van der Waals surface area contributed by atoms with Gasteiger partial charge in [-0.2, -0.15) is 15.0 Å². The third-order valence-corrected chi connectivity index (χ3v) is 4.88. The number of aromatic nitrogens is 3. The molecule has 0 amide bonds. The predicted molar refractivity (Wildman–Crippen MR) is 117 cm³/mol. The molecule has 152 valence electrons. The average molecular weight is 415 g/mol. The first-order valence-electron chi connectivity index (χ1n) is 9.45. The van der Waals surface area contributed by atoms with Gasteiger partial charge in [-0.15, -0.1) is 12.4 Å². The topological polar surface area (TPSA) is 66.0 Å². The highest BCUT2D eigenvalue weighted by Crippen LogP contribution is 2.23. The van der Waals surface area contributed by atoms with E-state index in [1.54, 1.807) is 12.1 Å². The molecule has 8 heteroatoms. The molecule has 0 saturated carbocycles. The molecule has 0 spiro atoms. The lowest BCUT2D eigenvalue weighted by Crippen LogP contribution is -2.21. The minimum absolute atomic E-state index is 0. The van der Waals surface area contributed by atoms with E-state index in [1.807, 2.05) is 6.07 Å². The van der Waals surface area contributed by atoms with E-state index in [0.29, 0.717) is 17.8 Å². The van der Waals surface area contributed by atoms with Crippen LogP contribution >= 0.6 is 12.4 Å². The summed E-state index contributed by atoms with van der Waals surface area (Å²) in [7, 11) is 0. The van der Waals surface area contributed by atoms with Crippen LogP contribution in [-0.4, -0.2) is 28.0 Å². The molecule has 3 aromatic rings. The van der Waals surface area contributed by atoms with E-state index in [9.17, 15) is 4.39 Å². The summed E-state index contributed by atoms with van der Waals surface area (Å²) in [5.74, 6) is 1.26. The van der Waals surface area contributed by atoms with Gasteiger partial charge in [-0.1, -0.05) is 6.07 Å². The third-order valence-electron chi connectivity index (χ3n) is 4.88. The van der Waals surface area contributed by atoms with Crippen molar-refractivity contribution in [1.82, 2.24) is 15.0 Å². The van der Waals surface area contributed by atoms with Crippen molar-refractivity contribution < 1.29 is 4.39 Å². The third kappa shape index (κ3) is 5.12. The molecular weight excluding hydrogens is 391 g/mol. The Kier molecular flexibility index (Phi) is 6.49. The first-order valence-corrected chi connectivity index (χ1v) is 9.45. The number of hydrogen-bond acceptors (Lipinski definition) is 6. The van der Waals surface area contributed by atoms with E-state index in [-0.39, 0.29) is 18.2 Å². The molecule has 0 atom stereocenters. The van der Waals surface area contributed by atoms with E-state index in [0.717, 1.165) is 37.3 Å². The second-order valence-corrected chi connectivity index (χ2v) is 7.03. The molecule has 0 bridgehead atoms. The maximum Gasteiger partial charge on any atom is 0.233 e. The van der Waals surface area contributed by atoms with Gasteiger partial charge in [0.2, 0.25) is 17.8 Å². The van der Waals surface area contributed by atoms with Crippen LogP contribution in [0.15, 0.2) is 42.5 Å². The van der Waals surface area contributed by atoms with E-state index >= 15 is 0 Å². The maximum atomic E-state index is 13.2. The molecule has 0 aliphatic carbocycles. The summed E-state index contributed by atoms with van der Waals surface area (Å²) in [6.07, 6.45) is 2.26. The minimum Gasteiger partial charge on any atom is -0.341 e. The fraction of sp³-hybridized carbons (Fsp3) is 0.286. The molecule has 2 aromatic carbocycles. The molecule has 1 aliphatic heterocycles. The normalized spacial score (nSPS) is 13.1. The zero-order valence-electron chi connectivity index (χ0n) is 16.4. The first kappa shape index (κ1) is 20.8. The average Bonchev–Trinajstić information content (AvgIpc) is 3.21. The van der Waals surface area contributed by atoms with Gasteiger partial charge in [0.15, 0.2) is 0 Å². The molecule has 2 heterocycles. The van der Waals surface area contributed by atoms with E-state index in [1.165, 1.54) is 23.3 Å². The second-order valence-electron chi connectivity index (χ2n) is 7.03. The Morgan fingerprint density at radius 2 is 1.38 bits per heavy atom. The van der Waals surface area contributed by atoms with Gasteiger partial charge in [0.05, 0.1) is 0 Å². The van der Waals surface area contributed by atoms with Gasteiger partial charge >= 0.3 is 0 Å². The summed E-state index contributed by atoms with van der Waals surface area (Å²) in [5, 5.41) is 6.43. The highest BCUT2D eigenvalue weighted by atomic mass is 35.5. The number of benzene rings is 2. The van der Waals surface area contributed by atoms with Gasteiger partial charge in [-0.05, 0) is 74.2 Å². The minimum atomic E-state index is -0.281. The summed E-state index contributed by atoms with van der Waals surface area (Å²) in [5.41, 5.74) is 4.08. The summed E-state index contributed by atoms with van der Waals surface area (Å²) in [6, 6.07) is 12.3. The molecule has 1 saturated heterocycles. The lowest BCUT2D eigenvalue weighted by molar-refractivity contribution is 0.628. The van der Waals surface area contributed by atoms with Crippen molar-refractivity contribution in [3.63, 3.8) is 0 Å². The molecule has 0 unspecified atom stereocenters. The van der Waals surface area contributed by atoms with Gasteiger partial charge in [0, 0.05) is 24.5 Å². The van der Waals surface area contributed by atoms with Crippen molar-refractivity contribution in [1.29, 1.82) is 0 Å². The monoisotopic (exact) mass is 414 g/mol. The van der Waals surface area contributed by atoms with Gasteiger partial charge in [-0.25, -0.2) is 4.39 Å². The van der Waals surface area contributed by atoms with Crippen LogP contribution in [0.3, 0.4) is 0 Å². The molecule has 6 nitrogen and oxygen atoms in total. The Labute approximate surface area is 176 Å². The van der Waals surface area contributed by atoms with Crippen LogP contribution in [-0.2, 0) is 0 Å². The number of hydrogen-bond donors (Lipinski definition) is 2. The van der Waals surface area contributed by atoms with Crippen molar-refractivity contribution in [2.45, 2.75) is 26.7 Å². The van der Waals surface area contributed by atoms with Crippen molar-refractivity contribution >= 4 is 41.6 Å². The Hall–Kier alpha value is -2.93.